The number of nitrogens with zero attached hydrogens (tertiary/aromatic N) is 6. The van der Waals surface area contributed by atoms with Gasteiger partial charge in [-0.15, -0.1) is 0 Å². The van der Waals surface area contributed by atoms with E-state index >= 15 is 0 Å². The van der Waals surface area contributed by atoms with Gasteiger partial charge in [-0.2, -0.15) is 0 Å². The summed E-state index contributed by atoms with van der Waals surface area (Å²) >= 11 is 0. The van der Waals surface area contributed by atoms with Gasteiger partial charge < -0.3 is 9.80 Å². The Morgan fingerprint density at radius 2 is 1.82 bits per heavy atom. The molecule has 0 radical (unpaired) electrons. The Kier molecular flexibility index (Phi) is 6.09. The summed E-state index contributed by atoms with van der Waals surface area (Å²) in [5.41, 5.74) is 2.41. The lowest BCUT2D eigenvalue weighted by Gasteiger charge is -2.39. The lowest BCUT2D eigenvalue weighted by molar-refractivity contribution is -0.137. The maximum atomic E-state index is 13.3. The summed E-state index contributed by atoms with van der Waals surface area (Å²) in [6, 6.07) is 14.2. The third-order valence-electron chi connectivity index (χ3n) is 6.81. The first-order valence-corrected chi connectivity index (χ1v) is 11.7. The van der Waals surface area contributed by atoms with E-state index in [1.807, 2.05) is 28.0 Å². The zero-order valence-corrected chi connectivity index (χ0v) is 19.1. The fourth-order valence-electron chi connectivity index (χ4n) is 4.95. The fourth-order valence-corrected chi connectivity index (χ4v) is 4.95. The summed E-state index contributed by atoms with van der Waals surface area (Å²) in [5, 5.41) is 0. The van der Waals surface area contributed by atoms with E-state index in [4.69, 9.17) is 0 Å². The summed E-state index contributed by atoms with van der Waals surface area (Å²) in [6.45, 7) is 5.48. The van der Waals surface area contributed by atoms with Gasteiger partial charge in [-0.25, -0.2) is 9.97 Å². The molecule has 1 aromatic carbocycles. The molecule has 1 unspecified atom stereocenters. The van der Waals surface area contributed by atoms with Gasteiger partial charge >= 0.3 is 0 Å². The van der Waals surface area contributed by atoms with Gasteiger partial charge in [-0.3, -0.25) is 19.1 Å². The molecular weight excluding hydrogens is 416 g/mol. The Hall–Kier alpha value is -3.26. The van der Waals surface area contributed by atoms with Crippen molar-refractivity contribution >= 4 is 22.9 Å². The van der Waals surface area contributed by atoms with Crippen LogP contribution in [0.3, 0.4) is 0 Å². The molecule has 8 nitrogen and oxygen atoms in total. The third-order valence-corrected chi connectivity index (χ3v) is 6.81. The van der Waals surface area contributed by atoms with Gasteiger partial charge in [0, 0.05) is 59.1 Å². The van der Waals surface area contributed by atoms with Gasteiger partial charge in [0.2, 0.25) is 5.91 Å². The first-order valence-electron chi connectivity index (χ1n) is 11.7. The highest BCUT2D eigenvalue weighted by Crippen LogP contribution is 2.23. The van der Waals surface area contributed by atoms with Crippen molar-refractivity contribution < 1.29 is 4.79 Å². The molecule has 0 aliphatic carbocycles. The van der Waals surface area contributed by atoms with E-state index in [0.717, 1.165) is 52.1 Å². The minimum absolute atomic E-state index is 0.101. The number of hydrogen-bond acceptors (Lipinski definition) is 6. The summed E-state index contributed by atoms with van der Waals surface area (Å²) in [7, 11) is 1.73. The van der Waals surface area contributed by atoms with Crippen molar-refractivity contribution in [2.75, 3.05) is 44.2 Å². The molecule has 8 heteroatoms. The van der Waals surface area contributed by atoms with Crippen molar-refractivity contribution in [3.05, 3.63) is 64.6 Å². The van der Waals surface area contributed by atoms with Crippen molar-refractivity contribution in [2.24, 2.45) is 13.0 Å². The van der Waals surface area contributed by atoms with Crippen LogP contribution in [-0.4, -0.2) is 69.5 Å². The van der Waals surface area contributed by atoms with Crippen molar-refractivity contribution in [2.45, 2.75) is 19.4 Å². The van der Waals surface area contributed by atoms with Gasteiger partial charge in [0.05, 0.1) is 5.92 Å². The van der Waals surface area contributed by atoms with Crippen LogP contribution < -0.4 is 10.5 Å². The molecule has 0 saturated carbocycles. The highest BCUT2D eigenvalue weighted by molar-refractivity contribution is 5.80. The number of aromatic nitrogens is 3. The Morgan fingerprint density at radius 1 is 1.03 bits per heavy atom. The first kappa shape index (κ1) is 21.6. The first-order chi connectivity index (χ1) is 16.1. The van der Waals surface area contributed by atoms with Crippen molar-refractivity contribution in [3.8, 4) is 0 Å². The molecule has 1 amide bonds. The number of amides is 1. The second-order valence-corrected chi connectivity index (χ2v) is 9.02. The number of carbonyl (C=O) groups is 1. The SMILES string of the molecule is Cn1c(=O)c(N2CCCC(C(=O)N3CCN(Cc4ccccc4)CC3)C2)nc2cccnc21. The van der Waals surface area contributed by atoms with Crippen LogP contribution in [-0.2, 0) is 18.4 Å². The summed E-state index contributed by atoms with van der Waals surface area (Å²) < 4.78 is 1.55. The van der Waals surface area contributed by atoms with Crippen molar-refractivity contribution in [1.29, 1.82) is 0 Å². The van der Waals surface area contributed by atoms with E-state index < -0.39 is 0 Å². The molecule has 2 aromatic heterocycles. The quantitative estimate of drug-likeness (QED) is 0.609. The maximum absolute atomic E-state index is 13.3. The number of piperazine rings is 1. The molecule has 3 aromatic rings. The molecule has 0 bridgehead atoms. The summed E-state index contributed by atoms with van der Waals surface area (Å²) in [4.78, 5) is 41.6. The molecule has 2 aliphatic rings. The van der Waals surface area contributed by atoms with Crippen LogP contribution >= 0.6 is 0 Å². The van der Waals surface area contributed by atoms with Gasteiger partial charge in [-0.05, 0) is 30.5 Å². The Balaban J connectivity index is 1.24. The Labute approximate surface area is 193 Å². The van der Waals surface area contributed by atoms with E-state index in [-0.39, 0.29) is 17.4 Å². The average molecular weight is 447 g/mol. The Bertz CT molecular complexity index is 1190. The number of piperidine rings is 1. The van der Waals surface area contributed by atoms with Crippen LogP contribution in [0.15, 0.2) is 53.5 Å². The predicted molar refractivity (Wildman–Crippen MR) is 128 cm³/mol. The molecule has 2 aliphatic heterocycles. The lowest BCUT2D eigenvalue weighted by Crippen LogP contribution is -2.52. The van der Waals surface area contributed by atoms with Gasteiger partial charge in [0.25, 0.3) is 5.56 Å². The molecule has 2 fully saturated rings. The van der Waals surface area contributed by atoms with Crippen LogP contribution in [0.5, 0.6) is 0 Å². The van der Waals surface area contributed by atoms with Gasteiger partial charge in [0.15, 0.2) is 11.5 Å². The van der Waals surface area contributed by atoms with E-state index in [9.17, 15) is 9.59 Å². The topological polar surface area (TPSA) is 74.6 Å². The molecule has 0 N–H and O–H groups in total. The molecule has 172 valence electrons. The number of aryl methyl sites for hydroxylation is 1. The minimum Gasteiger partial charge on any atom is -0.351 e. The molecule has 33 heavy (non-hydrogen) atoms. The summed E-state index contributed by atoms with van der Waals surface area (Å²) in [6.07, 6.45) is 3.40. The largest absolute Gasteiger partial charge is 0.351 e. The highest BCUT2D eigenvalue weighted by Gasteiger charge is 2.32. The molecular formula is C25H30N6O2. The number of carbonyl (C=O) groups excluding carboxylic acids is 1. The summed E-state index contributed by atoms with van der Waals surface area (Å²) in [5.74, 6) is 0.525. The molecule has 4 heterocycles. The molecule has 0 spiro atoms. The molecule has 1 atom stereocenters. The number of pyridine rings is 1. The molecule has 2 saturated heterocycles. The van der Waals surface area contributed by atoms with Crippen LogP contribution in [0.4, 0.5) is 5.82 Å². The normalized spacial score (nSPS) is 19.7. The Morgan fingerprint density at radius 3 is 2.61 bits per heavy atom. The standard InChI is InChI=1S/C25H30N6O2/c1-28-22-21(10-5-11-26-22)27-23(25(28)33)31-12-6-9-20(18-31)24(32)30-15-13-29(14-16-30)17-19-7-3-2-4-8-19/h2-5,7-8,10-11,20H,6,9,12-18H2,1H3. The second-order valence-electron chi connectivity index (χ2n) is 9.02. The fraction of sp³-hybridized carbons (Fsp3) is 0.440. The average Bonchev–Trinajstić information content (AvgIpc) is 2.87. The van der Waals surface area contributed by atoms with E-state index in [2.05, 4.69) is 39.1 Å². The monoisotopic (exact) mass is 446 g/mol. The number of benzene rings is 1. The zero-order valence-electron chi connectivity index (χ0n) is 19.1. The van der Waals surface area contributed by atoms with Gasteiger partial charge in [0.1, 0.15) is 5.52 Å². The number of fused-ring (bicyclic) bond motifs is 1. The number of rotatable bonds is 4. The lowest BCUT2D eigenvalue weighted by atomic mass is 9.96. The van der Waals surface area contributed by atoms with Crippen LogP contribution in [0.2, 0.25) is 0 Å². The van der Waals surface area contributed by atoms with Crippen LogP contribution in [0.1, 0.15) is 18.4 Å². The van der Waals surface area contributed by atoms with Crippen molar-refractivity contribution in [1.82, 2.24) is 24.3 Å². The predicted octanol–water partition coefficient (Wildman–Crippen LogP) is 1.89. The van der Waals surface area contributed by atoms with E-state index in [1.165, 1.54) is 5.56 Å². The highest BCUT2D eigenvalue weighted by atomic mass is 16.2. The van der Waals surface area contributed by atoms with Gasteiger partial charge in [-0.1, -0.05) is 30.3 Å². The smallest absolute Gasteiger partial charge is 0.294 e. The van der Waals surface area contributed by atoms with Crippen LogP contribution in [0.25, 0.3) is 11.2 Å². The van der Waals surface area contributed by atoms with E-state index in [0.29, 0.717) is 23.5 Å². The minimum atomic E-state index is -0.163. The van der Waals surface area contributed by atoms with Crippen LogP contribution in [0, 0.1) is 5.92 Å². The number of anilines is 1. The molecule has 5 rings (SSSR count). The van der Waals surface area contributed by atoms with E-state index in [1.54, 1.807) is 17.8 Å². The second kappa shape index (κ2) is 9.31. The van der Waals surface area contributed by atoms with Crippen molar-refractivity contribution in [3.63, 3.8) is 0 Å². The zero-order chi connectivity index (χ0) is 22.8. The maximum Gasteiger partial charge on any atom is 0.294 e. The number of hydrogen-bond donors (Lipinski definition) is 0. The third kappa shape index (κ3) is 4.48.